The van der Waals surface area contributed by atoms with Crippen LogP contribution in [-0.4, -0.2) is 59.0 Å². The van der Waals surface area contributed by atoms with Gasteiger partial charge in [0.25, 0.3) is 5.91 Å². The van der Waals surface area contributed by atoms with E-state index in [-0.39, 0.29) is 24.8 Å². The summed E-state index contributed by atoms with van der Waals surface area (Å²) >= 11 is 11.1. The van der Waals surface area contributed by atoms with E-state index in [9.17, 15) is 27.6 Å². The SMILES string of the molecule is O=C(O)CC(NC(=O)c1cc(F)c(N(CCCl)CCCl)c(F)c1F)C(=O)O. The number of hydrogen-bond donors (Lipinski definition) is 3. The van der Waals surface area contributed by atoms with Crippen LogP contribution in [0.3, 0.4) is 0 Å². The van der Waals surface area contributed by atoms with E-state index in [4.69, 9.17) is 33.4 Å². The fourth-order valence-corrected chi connectivity index (χ4v) is 2.60. The number of alkyl halides is 2. The highest BCUT2D eigenvalue weighted by molar-refractivity contribution is 6.18. The van der Waals surface area contributed by atoms with Gasteiger partial charge in [0.15, 0.2) is 17.5 Å². The number of anilines is 1. The number of halogens is 5. The van der Waals surface area contributed by atoms with Gasteiger partial charge in [-0.25, -0.2) is 18.0 Å². The zero-order valence-electron chi connectivity index (χ0n) is 13.6. The summed E-state index contributed by atoms with van der Waals surface area (Å²) in [6.45, 7) is -0.0976. The van der Waals surface area contributed by atoms with Crippen molar-refractivity contribution in [2.24, 2.45) is 0 Å². The fraction of sp³-hybridized carbons (Fsp3) is 0.400. The number of benzene rings is 1. The summed E-state index contributed by atoms with van der Waals surface area (Å²) in [6, 6.07) is -1.53. The Hall–Kier alpha value is -2.20. The Morgan fingerprint density at radius 1 is 1.07 bits per heavy atom. The molecular formula is C15H15Cl2F3N2O5. The van der Waals surface area contributed by atoms with Crippen LogP contribution in [-0.2, 0) is 9.59 Å². The van der Waals surface area contributed by atoms with Gasteiger partial charge in [0.1, 0.15) is 11.7 Å². The van der Waals surface area contributed by atoms with Crippen molar-refractivity contribution in [3.05, 3.63) is 29.1 Å². The molecule has 7 nitrogen and oxygen atoms in total. The molecule has 0 aliphatic carbocycles. The molecule has 1 aromatic rings. The fourth-order valence-electron chi connectivity index (χ4n) is 2.19. The normalized spacial score (nSPS) is 11.7. The highest BCUT2D eigenvalue weighted by Gasteiger charge is 2.29. The molecule has 150 valence electrons. The number of nitrogens with zero attached hydrogens (tertiary/aromatic N) is 1. The van der Waals surface area contributed by atoms with Gasteiger partial charge in [0.05, 0.1) is 12.0 Å². The van der Waals surface area contributed by atoms with Crippen molar-refractivity contribution in [1.82, 2.24) is 5.32 Å². The molecule has 3 N–H and O–H groups in total. The van der Waals surface area contributed by atoms with E-state index in [0.29, 0.717) is 6.07 Å². The van der Waals surface area contributed by atoms with E-state index < -0.39 is 59.0 Å². The molecule has 0 heterocycles. The summed E-state index contributed by atoms with van der Waals surface area (Å²) in [5.74, 6) is -9.50. The highest BCUT2D eigenvalue weighted by atomic mass is 35.5. The third kappa shape index (κ3) is 5.90. The van der Waals surface area contributed by atoms with Gasteiger partial charge in [-0.1, -0.05) is 0 Å². The molecule has 1 atom stereocenters. The number of nitrogens with one attached hydrogen (secondary N) is 1. The lowest BCUT2D eigenvalue weighted by Crippen LogP contribution is -2.42. The minimum atomic E-state index is -1.91. The molecule has 0 aromatic heterocycles. The van der Waals surface area contributed by atoms with Crippen molar-refractivity contribution < 1.29 is 37.8 Å². The predicted octanol–water partition coefficient (Wildman–Crippen LogP) is 2.05. The van der Waals surface area contributed by atoms with Gasteiger partial charge in [0.2, 0.25) is 0 Å². The van der Waals surface area contributed by atoms with Crippen LogP contribution in [0.4, 0.5) is 18.9 Å². The van der Waals surface area contributed by atoms with Gasteiger partial charge in [-0.2, -0.15) is 0 Å². The zero-order valence-corrected chi connectivity index (χ0v) is 15.2. The Labute approximate surface area is 161 Å². The third-order valence-corrected chi connectivity index (χ3v) is 3.72. The molecule has 0 saturated carbocycles. The lowest BCUT2D eigenvalue weighted by molar-refractivity contribution is -0.145. The largest absolute Gasteiger partial charge is 0.481 e. The standard InChI is InChI=1S/C15H15Cl2F3N2O5/c16-1-3-22(4-2-17)13-8(18)5-7(11(19)12(13)20)14(25)21-9(15(26)27)6-10(23)24/h5,9H,1-4,6H2,(H,21,25)(H,23,24)(H,26,27). The molecule has 0 radical (unpaired) electrons. The van der Waals surface area contributed by atoms with Crippen molar-refractivity contribution in [2.75, 3.05) is 29.7 Å². The van der Waals surface area contributed by atoms with Crippen LogP contribution in [0.15, 0.2) is 6.07 Å². The number of rotatable bonds is 10. The van der Waals surface area contributed by atoms with E-state index in [0.717, 1.165) is 4.90 Å². The second-order valence-corrected chi connectivity index (χ2v) is 5.97. The molecule has 0 spiro atoms. The Morgan fingerprint density at radius 3 is 2.07 bits per heavy atom. The molecule has 0 aliphatic rings. The number of carbonyl (C=O) groups excluding carboxylic acids is 1. The third-order valence-electron chi connectivity index (χ3n) is 3.39. The van der Waals surface area contributed by atoms with Crippen molar-refractivity contribution in [3.8, 4) is 0 Å². The highest BCUT2D eigenvalue weighted by Crippen LogP contribution is 2.28. The molecule has 0 aliphatic heterocycles. The van der Waals surface area contributed by atoms with Gasteiger partial charge < -0.3 is 20.4 Å². The molecule has 0 saturated heterocycles. The van der Waals surface area contributed by atoms with Crippen LogP contribution in [0.1, 0.15) is 16.8 Å². The number of carboxylic acid groups (broad SMARTS) is 2. The average molecular weight is 431 g/mol. The lowest BCUT2D eigenvalue weighted by Gasteiger charge is -2.24. The van der Waals surface area contributed by atoms with E-state index in [2.05, 4.69) is 0 Å². The maximum Gasteiger partial charge on any atom is 0.326 e. The number of hydrogen-bond acceptors (Lipinski definition) is 4. The minimum Gasteiger partial charge on any atom is -0.481 e. The molecule has 1 aromatic carbocycles. The van der Waals surface area contributed by atoms with Crippen LogP contribution >= 0.6 is 23.2 Å². The molecule has 1 unspecified atom stereocenters. The van der Waals surface area contributed by atoms with E-state index in [1.54, 1.807) is 5.32 Å². The van der Waals surface area contributed by atoms with E-state index in [1.807, 2.05) is 0 Å². The smallest absolute Gasteiger partial charge is 0.326 e. The monoisotopic (exact) mass is 430 g/mol. The first-order valence-corrected chi connectivity index (χ1v) is 8.50. The first-order chi connectivity index (χ1) is 12.6. The van der Waals surface area contributed by atoms with Crippen LogP contribution < -0.4 is 10.2 Å². The predicted molar refractivity (Wildman–Crippen MR) is 91.1 cm³/mol. The van der Waals surface area contributed by atoms with Crippen LogP contribution in [0.5, 0.6) is 0 Å². The topological polar surface area (TPSA) is 107 Å². The maximum absolute atomic E-state index is 14.4. The van der Waals surface area contributed by atoms with Crippen LogP contribution in [0, 0.1) is 17.5 Å². The lowest BCUT2D eigenvalue weighted by atomic mass is 10.1. The number of amides is 1. The summed E-state index contributed by atoms with van der Waals surface area (Å²) in [6.07, 6.45) is -1.01. The second kappa shape index (κ2) is 10.2. The number of aliphatic carboxylic acids is 2. The van der Waals surface area contributed by atoms with Crippen LogP contribution in [0.2, 0.25) is 0 Å². The molecule has 0 fully saturated rings. The molecule has 1 rings (SSSR count). The molecule has 0 bridgehead atoms. The molecule has 27 heavy (non-hydrogen) atoms. The molecule has 12 heteroatoms. The van der Waals surface area contributed by atoms with Gasteiger partial charge in [-0.3, -0.25) is 9.59 Å². The summed E-state index contributed by atoms with van der Waals surface area (Å²) in [7, 11) is 0. The Kier molecular flexibility index (Phi) is 8.64. The molecular weight excluding hydrogens is 416 g/mol. The number of carbonyl (C=O) groups is 3. The quantitative estimate of drug-likeness (QED) is 0.387. The van der Waals surface area contributed by atoms with Gasteiger partial charge in [-0.05, 0) is 6.07 Å². The van der Waals surface area contributed by atoms with Gasteiger partial charge in [0, 0.05) is 24.8 Å². The summed E-state index contributed by atoms with van der Waals surface area (Å²) in [4.78, 5) is 34.6. The van der Waals surface area contributed by atoms with Crippen molar-refractivity contribution in [1.29, 1.82) is 0 Å². The summed E-state index contributed by atoms with van der Waals surface area (Å²) < 4.78 is 43.0. The first kappa shape index (κ1) is 22.8. The average Bonchev–Trinajstić information content (AvgIpc) is 2.57. The van der Waals surface area contributed by atoms with Crippen molar-refractivity contribution in [3.63, 3.8) is 0 Å². The number of carboxylic acids is 2. The Balaban J connectivity index is 3.25. The molecule has 1 amide bonds. The summed E-state index contributed by atoms with van der Waals surface area (Å²) in [5.41, 5.74) is -1.88. The van der Waals surface area contributed by atoms with Crippen molar-refractivity contribution in [2.45, 2.75) is 12.5 Å². The van der Waals surface area contributed by atoms with E-state index in [1.165, 1.54) is 0 Å². The summed E-state index contributed by atoms with van der Waals surface area (Å²) in [5, 5.41) is 19.2. The Bertz CT molecular complexity index is 730. The van der Waals surface area contributed by atoms with Crippen LogP contribution in [0.25, 0.3) is 0 Å². The second-order valence-electron chi connectivity index (χ2n) is 5.21. The van der Waals surface area contributed by atoms with Crippen molar-refractivity contribution >= 4 is 46.7 Å². The Morgan fingerprint density at radius 2 is 1.63 bits per heavy atom. The maximum atomic E-state index is 14.4. The first-order valence-electron chi connectivity index (χ1n) is 7.43. The minimum absolute atomic E-state index is 0.0326. The van der Waals surface area contributed by atoms with Gasteiger partial charge >= 0.3 is 11.9 Å². The van der Waals surface area contributed by atoms with Gasteiger partial charge in [-0.15, -0.1) is 23.2 Å². The van der Waals surface area contributed by atoms with E-state index >= 15 is 0 Å². The zero-order chi connectivity index (χ0) is 20.7.